The molecule has 0 bridgehead atoms. The normalized spacial score (nSPS) is 13.3. The molecule has 1 aliphatic carbocycles. The highest BCUT2D eigenvalue weighted by atomic mass is 14.9. The molecule has 0 unspecified atom stereocenters. The van der Waals surface area contributed by atoms with Crippen LogP contribution in [0, 0.1) is 0 Å². The smallest absolute Gasteiger partial charge is 0.160 e. The van der Waals surface area contributed by atoms with Gasteiger partial charge in [0.05, 0.1) is 33.5 Å². The van der Waals surface area contributed by atoms with Crippen LogP contribution in [0.3, 0.4) is 0 Å². The van der Waals surface area contributed by atoms with Crippen molar-refractivity contribution in [3.63, 3.8) is 0 Å². The number of hydrogen-bond acceptors (Lipinski definition) is 6. The van der Waals surface area contributed by atoms with Gasteiger partial charge in [-0.05, 0) is 58.7 Å². The Morgan fingerprint density at radius 3 is 1.63 bits per heavy atom. The number of benzene rings is 4. The van der Waals surface area contributed by atoms with E-state index >= 15 is 0 Å². The van der Waals surface area contributed by atoms with E-state index < -0.39 is 0 Å². The monoisotopic (exact) mass is 628 g/mol. The van der Waals surface area contributed by atoms with E-state index in [0.717, 1.165) is 71.7 Å². The Bertz CT molecular complexity index is 2680. The average Bonchev–Trinajstić information content (AvgIpc) is 3.39. The van der Waals surface area contributed by atoms with E-state index in [4.69, 9.17) is 19.9 Å². The molecule has 10 rings (SSSR count). The van der Waals surface area contributed by atoms with Crippen LogP contribution in [0.4, 0.5) is 0 Å². The van der Waals surface area contributed by atoms with E-state index in [-0.39, 0.29) is 5.41 Å². The standard InChI is InChI=1S/C43H28N6/c1-43(2)34-10-4-3-9-28(34)29-14-13-27(23-35(29)43)42-48-36(30-17-21-46-40-32(30)15-11-25-7-5-19-44-38(25)40)24-37(49-42)31-18-22-47-41-33(31)16-12-26-8-6-20-45-39(26)41/h3-24H,1-2H3. The first kappa shape index (κ1) is 27.7. The van der Waals surface area contributed by atoms with Crippen LogP contribution >= 0.6 is 0 Å². The highest BCUT2D eigenvalue weighted by Gasteiger charge is 2.35. The summed E-state index contributed by atoms with van der Waals surface area (Å²) < 4.78 is 0. The highest BCUT2D eigenvalue weighted by Crippen LogP contribution is 2.49. The molecule has 0 spiro atoms. The zero-order chi connectivity index (χ0) is 32.7. The van der Waals surface area contributed by atoms with Gasteiger partial charge in [0.25, 0.3) is 0 Å². The zero-order valence-corrected chi connectivity index (χ0v) is 26.9. The van der Waals surface area contributed by atoms with Gasteiger partial charge in [0.1, 0.15) is 0 Å². The molecule has 0 atom stereocenters. The van der Waals surface area contributed by atoms with Gasteiger partial charge < -0.3 is 0 Å². The number of pyridine rings is 4. The molecule has 5 aromatic heterocycles. The minimum Gasteiger partial charge on any atom is -0.254 e. The molecule has 5 heterocycles. The number of fused-ring (bicyclic) bond motifs is 9. The molecule has 0 amide bonds. The van der Waals surface area contributed by atoms with Gasteiger partial charge in [0.2, 0.25) is 0 Å². The molecule has 0 radical (unpaired) electrons. The van der Waals surface area contributed by atoms with E-state index in [1.165, 1.54) is 22.3 Å². The van der Waals surface area contributed by atoms with Gasteiger partial charge in [0.15, 0.2) is 5.82 Å². The molecule has 0 aliphatic heterocycles. The fourth-order valence-corrected chi connectivity index (χ4v) is 7.65. The lowest BCUT2D eigenvalue weighted by Crippen LogP contribution is -2.15. The molecule has 49 heavy (non-hydrogen) atoms. The second-order valence-corrected chi connectivity index (χ2v) is 13.2. The van der Waals surface area contributed by atoms with Crippen LogP contribution in [-0.2, 0) is 5.41 Å². The Morgan fingerprint density at radius 1 is 0.429 bits per heavy atom. The summed E-state index contributed by atoms with van der Waals surface area (Å²) in [6.07, 6.45) is 7.33. The first-order valence-electron chi connectivity index (χ1n) is 16.4. The summed E-state index contributed by atoms with van der Waals surface area (Å²) in [5.74, 6) is 0.662. The van der Waals surface area contributed by atoms with Gasteiger partial charge >= 0.3 is 0 Å². The summed E-state index contributed by atoms with van der Waals surface area (Å²) >= 11 is 0. The fourth-order valence-electron chi connectivity index (χ4n) is 7.65. The van der Waals surface area contributed by atoms with Crippen LogP contribution in [0.2, 0.25) is 0 Å². The van der Waals surface area contributed by atoms with Gasteiger partial charge in [0, 0.05) is 68.4 Å². The number of rotatable bonds is 3. The minimum absolute atomic E-state index is 0.146. The lowest BCUT2D eigenvalue weighted by Gasteiger charge is -2.22. The van der Waals surface area contributed by atoms with Crippen molar-refractivity contribution in [1.82, 2.24) is 29.9 Å². The van der Waals surface area contributed by atoms with Crippen LogP contribution in [-0.4, -0.2) is 29.9 Å². The van der Waals surface area contributed by atoms with Gasteiger partial charge in [-0.25, -0.2) is 9.97 Å². The molecule has 0 saturated heterocycles. The molecule has 1 aliphatic rings. The summed E-state index contributed by atoms with van der Waals surface area (Å²) in [6.45, 7) is 4.60. The van der Waals surface area contributed by atoms with Gasteiger partial charge in [-0.15, -0.1) is 0 Å². The lowest BCUT2D eigenvalue weighted by atomic mass is 9.82. The van der Waals surface area contributed by atoms with Crippen molar-refractivity contribution in [2.75, 3.05) is 0 Å². The highest BCUT2D eigenvalue weighted by molar-refractivity contribution is 6.09. The Morgan fingerprint density at radius 2 is 1.00 bits per heavy atom. The van der Waals surface area contributed by atoms with Gasteiger partial charge in [-0.2, -0.15) is 0 Å². The SMILES string of the molecule is CC1(C)c2ccccc2-c2ccc(-c3nc(-c4ccnc5c4ccc4cccnc45)cc(-c4ccnc5c4ccc4cccnc45)n3)cc21. The maximum Gasteiger partial charge on any atom is 0.160 e. The molecule has 9 aromatic rings. The lowest BCUT2D eigenvalue weighted by molar-refractivity contribution is 0.660. The second kappa shape index (κ2) is 10.3. The van der Waals surface area contributed by atoms with Gasteiger partial charge in [-0.3, -0.25) is 19.9 Å². The molecule has 6 heteroatoms. The number of aromatic nitrogens is 6. The summed E-state index contributed by atoms with van der Waals surface area (Å²) in [6, 6.07) is 38.0. The Kier molecular flexibility index (Phi) is 5.82. The van der Waals surface area contributed by atoms with Crippen LogP contribution in [0.1, 0.15) is 25.0 Å². The first-order valence-corrected chi connectivity index (χ1v) is 16.4. The van der Waals surface area contributed by atoms with E-state index in [1.807, 2.05) is 49.1 Å². The van der Waals surface area contributed by atoms with E-state index in [1.54, 1.807) is 0 Å². The van der Waals surface area contributed by atoms with Gasteiger partial charge in [-0.1, -0.05) is 86.6 Å². The predicted octanol–water partition coefficient (Wildman–Crippen LogP) is 9.98. The molecular formula is C43H28N6. The Labute approximate surface area is 282 Å². The van der Waals surface area contributed by atoms with Crippen molar-refractivity contribution >= 4 is 43.6 Å². The van der Waals surface area contributed by atoms with Crippen molar-refractivity contribution in [3.05, 3.63) is 145 Å². The quantitative estimate of drug-likeness (QED) is 0.181. The first-order chi connectivity index (χ1) is 24.0. The molecule has 4 aromatic carbocycles. The second-order valence-electron chi connectivity index (χ2n) is 13.2. The third-order valence-electron chi connectivity index (χ3n) is 10.1. The van der Waals surface area contributed by atoms with Crippen molar-refractivity contribution < 1.29 is 0 Å². The number of nitrogens with zero attached hydrogens (tertiary/aromatic N) is 6. The largest absolute Gasteiger partial charge is 0.254 e. The molecule has 0 fully saturated rings. The van der Waals surface area contributed by atoms with Crippen LogP contribution < -0.4 is 0 Å². The number of hydrogen-bond donors (Lipinski definition) is 0. The third-order valence-corrected chi connectivity index (χ3v) is 10.1. The Balaban J connectivity index is 1.24. The predicted molar refractivity (Wildman–Crippen MR) is 197 cm³/mol. The summed E-state index contributed by atoms with van der Waals surface area (Å²) in [4.78, 5) is 29.5. The fraction of sp³-hybridized carbons (Fsp3) is 0.0698. The maximum absolute atomic E-state index is 5.29. The van der Waals surface area contributed by atoms with E-state index in [9.17, 15) is 0 Å². The third kappa shape index (κ3) is 4.14. The molecular weight excluding hydrogens is 601 g/mol. The van der Waals surface area contributed by atoms with Crippen LogP contribution in [0.15, 0.2) is 134 Å². The maximum atomic E-state index is 5.29. The van der Waals surface area contributed by atoms with E-state index in [2.05, 4.69) is 109 Å². The van der Waals surface area contributed by atoms with Crippen molar-refractivity contribution in [2.24, 2.45) is 0 Å². The van der Waals surface area contributed by atoms with Crippen LogP contribution in [0.25, 0.3) is 88.6 Å². The summed E-state index contributed by atoms with van der Waals surface area (Å²) in [5, 5.41) is 4.08. The summed E-state index contributed by atoms with van der Waals surface area (Å²) in [7, 11) is 0. The molecule has 230 valence electrons. The van der Waals surface area contributed by atoms with Crippen LogP contribution in [0.5, 0.6) is 0 Å². The molecule has 0 saturated carbocycles. The zero-order valence-electron chi connectivity index (χ0n) is 26.9. The topological polar surface area (TPSA) is 77.3 Å². The molecule has 6 nitrogen and oxygen atoms in total. The van der Waals surface area contributed by atoms with Crippen molar-refractivity contribution in [2.45, 2.75) is 19.3 Å². The average molecular weight is 629 g/mol. The van der Waals surface area contributed by atoms with Crippen molar-refractivity contribution in [3.8, 4) is 45.0 Å². The van der Waals surface area contributed by atoms with E-state index in [0.29, 0.717) is 5.82 Å². The molecule has 0 N–H and O–H groups in total. The summed E-state index contributed by atoms with van der Waals surface area (Å²) in [5.41, 5.74) is 13.0. The Hall–Kier alpha value is -6.40. The minimum atomic E-state index is -0.146. The van der Waals surface area contributed by atoms with Crippen molar-refractivity contribution in [1.29, 1.82) is 0 Å².